The van der Waals surface area contributed by atoms with Crippen molar-refractivity contribution in [1.82, 2.24) is 4.90 Å². The van der Waals surface area contributed by atoms with E-state index in [2.05, 4.69) is 5.32 Å². The van der Waals surface area contributed by atoms with Crippen molar-refractivity contribution < 1.29 is 23.9 Å². The number of nitrogens with one attached hydrogen (secondary N) is 1. The lowest BCUT2D eigenvalue weighted by Crippen LogP contribution is -2.36. The van der Waals surface area contributed by atoms with E-state index in [1.807, 2.05) is 13.0 Å². The van der Waals surface area contributed by atoms with Gasteiger partial charge in [0.05, 0.1) is 36.1 Å². The Morgan fingerprint density at radius 1 is 1.17 bits per heavy atom. The number of benzene rings is 2. The van der Waals surface area contributed by atoms with Crippen LogP contribution in [0.25, 0.3) is 0 Å². The maximum atomic E-state index is 12.8. The van der Waals surface area contributed by atoms with Crippen LogP contribution in [0.3, 0.4) is 0 Å². The van der Waals surface area contributed by atoms with E-state index in [1.54, 1.807) is 24.3 Å². The Morgan fingerprint density at radius 2 is 1.97 bits per heavy atom. The summed E-state index contributed by atoms with van der Waals surface area (Å²) in [5, 5.41) is 2.81. The van der Waals surface area contributed by atoms with E-state index in [1.165, 1.54) is 17.0 Å². The third-order valence-corrected chi connectivity index (χ3v) is 5.08. The van der Waals surface area contributed by atoms with Gasteiger partial charge in [0.15, 0.2) is 0 Å². The molecule has 7 heteroatoms. The van der Waals surface area contributed by atoms with Gasteiger partial charge in [-0.1, -0.05) is 12.1 Å². The second-order valence-electron chi connectivity index (χ2n) is 7.00. The number of imide groups is 1. The maximum Gasteiger partial charge on any atom is 0.261 e. The van der Waals surface area contributed by atoms with Crippen LogP contribution in [0.5, 0.6) is 5.75 Å². The zero-order valence-corrected chi connectivity index (χ0v) is 16.1. The van der Waals surface area contributed by atoms with Crippen LogP contribution in [-0.2, 0) is 4.74 Å². The topological polar surface area (TPSA) is 84.9 Å². The molecule has 3 amide bonds. The maximum absolute atomic E-state index is 12.8. The summed E-state index contributed by atoms with van der Waals surface area (Å²) >= 11 is 0. The molecule has 1 atom stereocenters. The molecule has 0 bridgehead atoms. The molecule has 0 unspecified atom stereocenters. The van der Waals surface area contributed by atoms with Crippen LogP contribution < -0.4 is 10.1 Å². The molecular formula is C22H22N2O5. The van der Waals surface area contributed by atoms with Crippen LogP contribution in [0.15, 0.2) is 42.5 Å². The smallest absolute Gasteiger partial charge is 0.261 e. The first-order valence-electron chi connectivity index (χ1n) is 9.73. The van der Waals surface area contributed by atoms with Crippen molar-refractivity contribution in [3.63, 3.8) is 0 Å². The first kappa shape index (κ1) is 19.1. The van der Waals surface area contributed by atoms with E-state index in [0.717, 1.165) is 12.8 Å². The summed E-state index contributed by atoms with van der Waals surface area (Å²) in [6.45, 7) is 3.24. The summed E-state index contributed by atoms with van der Waals surface area (Å²) in [7, 11) is 0. The fourth-order valence-corrected chi connectivity index (χ4v) is 3.64. The summed E-state index contributed by atoms with van der Waals surface area (Å²) < 4.78 is 11.1. The number of fused-ring (bicyclic) bond motifs is 1. The standard InChI is InChI=1S/C22H22N2O5/c1-2-28-19-8-4-3-7-18(19)23-20(25)14-9-10-16-17(12-14)22(27)24(21(16)26)13-15-6-5-11-29-15/h3-4,7-10,12,15H,2,5-6,11,13H2,1H3,(H,23,25)/t15-/m0/s1. The average molecular weight is 394 g/mol. The molecule has 4 rings (SSSR count). The van der Waals surface area contributed by atoms with E-state index >= 15 is 0 Å². The van der Waals surface area contributed by atoms with Gasteiger partial charge in [0.1, 0.15) is 5.75 Å². The van der Waals surface area contributed by atoms with Crippen LogP contribution >= 0.6 is 0 Å². The number of para-hydroxylation sites is 2. The molecule has 150 valence electrons. The van der Waals surface area contributed by atoms with Crippen molar-refractivity contribution in [3.8, 4) is 5.75 Å². The minimum absolute atomic E-state index is 0.116. The van der Waals surface area contributed by atoms with E-state index in [9.17, 15) is 14.4 Å². The quantitative estimate of drug-likeness (QED) is 0.761. The zero-order valence-electron chi connectivity index (χ0n) is 16.1. The van der Waals surface area contributed by atoms with Crippen LogP contribution in [-0.4, -0.2) is 48.5 Å². The Bertz CT molecular complexity index is 965. The molecule has 1 saturated heterocycles. The Morgan fingerprint density at radius 3 is 2.72 bits per heavy atom. The van der Waals surface area contributed by atoms with Crippen molar-refractivity contribution in [3.05, 3.63) is 59.2 Å². The van der Waals surface area contributed by atoms with Crippen LogP contribution in [0.2, 0.25) is 0 Å². The molecule has 2 aromatic carbocycles. The number of anilines is 1. The van der Waals surface area contributed by atoms with Gasteiger partial charge in [-0.2, -0.15) is 0 Å². The molecule has 1 fully saturated rings. The van der Waals surface area contributed by atoms with Gasteiger partial charge in [-0.3, -0.25) is 19.3 Å². The predicted molar refractivity (Wildman–Crippen MR) is 106 cm³/mol. The van der Waals surface area contributed by atoms with E-state index in [-0.39, 0.29) is 35.9 Å². The average Bonchev–Trinajstić information content (AvgIpc) is 3.32. The second kappa shape index (κ2) is 8.05. The highest BCUT2D eigenvalue weighted by molar-refractivity contribution is 6.22. The number of ether oxygens (including phenoxy) is 2. The Balaban J connectivity index is 1.53. The van der Waals surface area contributed by atoms with Crippen LogP contribution in [0.1, 0.15) is 50.8 Å². The summed E-state index contributed by atoms with van der Waals surface area (Å²) in [4.78, 5) is 39.3. The zero-order chi connectivity index (χ0) is 20.4. The molecule has 0 spiro atoms. The molecule has 0 saturated carbocycles. The van der Waals surface area contributed by atoms with Gasteiger partial charge in [-0.05, 0) is 50.1 Å². The summed E-state index contributed by atoms with van der Waals surface area (Å²) in [6.07, 6.45) is 1.65. The second-order valence-corrected chi connectivity index (χ2v) is 7.00. The normalized spacial score (nSPS) is 18.1. The fourth-order valence-electron chi connectivity index (χ4n) is 3.64. The summed E-state index contributed by atoms with van der Waals surface area (Å²) in [6, 6.07) is 11.7. The van der Waals surface area contributed by atoms with Gasteiger partial charge in [-0.15, -0.1) is 0 Å². The summed E-state index contributed by atoms with van der Waals surface area (Å²) in [5.74, 6) is -0.532. The molecule has 2 aromatic rings. The SMILES string of the molecule is CCOc1ccccc1NC(=O)c1ccc2c(c1)C(=O)N(C[C@@H]1CCCO1)C2=O. The Labute approximate surface area is 168 Å². The predicted octanol–water partition coefficient (Wildman–Crippen LogP) is 3.11. The highest BCUT2D eigenvalue weighted by atomic mass is 16.5. The largest absolute Gasteiger partial charge is 0.492 e. The minimum atomic E-state index is -0.384. The number of hydrogen-bond donors (Lipinski definition) is 1. The van der Waals surface area contributed by atoms with Gasteiger partial charge < -0.3 is 14.8 Å². The van der Waals surface area contributed by atoms with E-state index in [0.29, 0.717) is 35.8 Å². The Hall–Kier alpha value is -3.19. The highest BCUT2D eigenvalue weighted by Gasteiger charge is 2.38. The molecular weight excluding hydrogens is 372 g/mol. The van der Waals surface area contributed by atoms with E-state index < -0.39 is 0 Å². The van der Waals surface area contributed by atoms with Crippen LogP contribution in [0, 0.1) is 0 Å². The first-order valence-corrected chi connectivity index (χ1v) is 9.73. The monoisotopic (exact) mass is 394 g/mol. The molecule has 1 N–H and O–H groups in total. The minimum Gasteiger partial charge on any atom is -0.492 e. The molecule has 2 aliphatic rings. The van der Waals surface area contributed by atoms with E-state index in [4.69, 9.17) is 9.47 Å². The number of amides is 3. The molecule has 0 radical (unpaired) electrons. The van der Waals surface area contributed by atoms with Crippen molar-refractivity contribution >= 4 is 23.4 Å². The molecule has 0 aromatic heterocycles. The van der Waals surface area contributed by atoms with Gasteiger partial charge >= 0.3 is 0 Å². The molecule has 7 nitrogen and oxygen atoms in total. The fraction of sp³-hybridized carbons (Fsp3) is 0.318. The molecule has 0 aliphatic carbocycles. The lowest BCUT2D eigenvalue weighted by Gasteiger charge is -2.17. The molecule has 2 aliphatic heterocycles. The number of rotatable bonds is 6. The lowest BCUT2D eigenvalue weighted by atomic mass is 10.1. The Kier molecular flexibility index (Phi) is 5.31. The number of carbonyl (C=O) groups excluding carboxylic acids is 3. The van der Waals surface area contributed by atoms with Crippen molar-refractivity contribution in [1.29, 1.82) is 0 Å². The third kappa shape index (κ3) is 3.73. The number of carbonyl (C=O) groups is 3. The highest BCUT2D eigenvalue weighted by Crippen LogP contribution is 2.28. The van der Waals surface area contributed by atoms with Gasteiger partial charge in [-0.25, -0.2) is 0 Å². The molecule has 2 heterocycles. The lowest BCUT2D eigenvalue weighted by molar-refractivity contribution is 0.0475. The molecule has 29 heavy (non-hydrogen) atoms. The van der Waals surface area contributed by atoms with Crippen molar-refractivity contribution in [2.75, 3.05) is 25.1 Å². The van der Waals surface area contributed by atoms with Crippen LogP contribution in [0.4, 0.5) is 5.69 Å². The van der Waals surface area contributed by atoms with Gasteiger partial charge in [0.2, 0.25) is 0 Å². The summed E-state index contributed by atoms with van der Waals surface area (Å²) in [5.41, 5.74) is 1.41. The van der Waals surface area contributed by atoms with Gasteiger partial charge in [0.25, 0.3) is 17.7 Å². The first-order chi connectivity index (χ1) is 14.1. The van der Waals surface area contributed by atoms with Crippen molar-refractivity contribution in [2.45, 2.75) is 25.9 Å². The van der Waals surface area contributed by atoms with Crippen molar-refractivity contribution in [2.24, 2.45) is 0 Å². The van der Waals surface area contributed by atoms with Gasteiger partial charge in [0, 0.05) is 12.2 Å². The third-order valence-electron chi connectivity index (χ3n) is 5.08. The number of nitrogens with zero attached hydrogens (tertiary/aromatic N) is 1. The number of hydrogen-bond acceptors (Lipinski definition) is 5.